The van der Waals surface area contributed by atoms with Gasteiger partial charge in [0, 0.05) is 28.0 Å². The maximum atomic E-state index is 12.0. The van der Waals surface area contributed by atoms with Crippen molar-refractivity contribution in [3.63, 3.8) is 0 Å². The molecule has 2 aromatic heterocycles. The molecule has 0 atom stereocenters. The van der Waals surface area contributed by atoms with Crippen molar-refractivity contribution in [2.75, 3.05) is 10.6 Å². The Hall–Kier alpha value is -3.06. The molecule has 0 spiro atoms. The molecule has 3 aromatic rings. The minimum absolute atomic E-state index is 0.295. The number of thiazole rings is 1. The minimum Gasteiger partial charge on any atom is -0.308 e. The Bertz CT molecular complexity index is 952. The molecule has 1 aromatic carbocycles. The molecule has 4 rings (SSSR count). The van der Waals surface area contributed by atoms with Gasteiger partial charge >= 0.3 is 6.03 Å². The lowest BCUT2D eigenvalue weighted by Crippen LogP contribution is -2.19. The Morgan fingerprint density at radius 3 is 2.85 bits per heavy atom. The summed E-state index contributed by atoms with van der Waals surface area (Å²) < 4.78 is 0. The van der Waals surface area contributed by atoms with E-state index in [1.807, 2.05) is 42.6 Å². The SMILES string of the molecule is O=C(Nc1ccccc1)Nc1ncc(CCc2ncnc3c2CC=C3)s1. The number of carbonyl (C=O) groups excluding carboxylic acids is 1. The van der Waals surface area contributed by atoms with Crippen LogP contribution in [0.3, 0.4) is 0 Å². The largest absolute Gasteiger partial charge is 0.325 e. The summed E-state index contributed by atoms with van der Waals surface area (Å²) >= 11 is 1.48. The van der Waals surface area contributed by atoms with E-state index in [2.05, 4.69) is 31.7 Å². The van der Waals surface area contributed by atoms with Crippen molar-refractivity contribution in [1.29, 1.82) is 0 Å². The van der Waals surface area contributed by atoms with Crippen molar-refractivity contribution in [2.45, 2.75) is 19.3 Å². The number of allylic oxidation sites excluding steroid dienone is 1. The molecule has 7 heteroatoms. The van der Waals surface area contributed by atoms with Crippen molar-refractivity contribution in [3.05, 3.63) is 70.8 Å². The van der Waals surface area contributed by atoms with Gasteiger partial charge < -0.3 is 5.32 Å². The van der Waals surface area contributed by atoms with Crippen molar-refractivity contribution in [1.82, 2.24) is 15.0 Å². The standard InChI is InChI=1S/C19H17N5OS/c25-18(23-13-5-2-1-3-6-13)24-19-20-11-14(26-19)9-10-17-15-7-4-8-16(15)21-12-22-17/h1-6,8,11-12H,7,9-10H2,(H2,20,23,24,25). The highest BCUT2D eigenvalue weighted by atomic mass is 32.1. The fourth-order valence-corrected chi connectivity index (χ4v) is 3.64. The number of para-hydroxylation sites is 1. The van der Waals surface area contributed by atoms with Crippen LogP contribution in [0.5, 0.6) is 0 Å². The van der Waals surface area contributed by atoms with Gasteiger partial charge in [0.2, 0.25) is 0 Å². The summed E-state index contributed by atoms with van der Waals surface area (Å²) in [6.07, 6.45) is 10.2. The van der Waals surface area contributed by atoms with Crippen LogP contribution in [0.1, 0.15) is 21.8 Å². The third-order valence-corrected chi connectivity index (χ3v) is 5.05. The van der Waals surface area contributed by atoms with Crippen LogP contribution in [0.2, 0.25) is 0 Å². The zero-order valence-corrected chi connectivity index (χ0v) is 14.8. The number of nitrogens with zero attached hydrogens (tertiary/aromatic N) is 3. The molecule has 0 aliphatic heterocycles. The highest BCUT2D eigenvalue weighted by Gasteiger charge is 2.13. The molecule has 2 heterocycles. The summed E-state index contributed by atoms with van der Waals surface area (Å²) in [5.41, 5.74) is 4.08. The van der Waals surface area contributed by atoms with Gasteiger partial charge in [-0.3, -0.25) is 5.32 Å². The summed E-state index contributed by atoms with van der Waals surface area (Å²) in [5.74, 6) is 0. The van der Waals surface area contributed by atoms with Gasteiger partial charge in [-0.2, -0.15) is 0 Å². The van der Waals surface area contributed by atoms with Gasteiger partial charge in [-0.15, -0.1) is 11.3 Å². The second-order valence-electron chi connectivity index (χ2n) is 5.87. The number of fused-ring (bicyclic) bond motifs is 1. The lowest BCUT2D eigenvalue weighted by Gasteiger charge is -2.05. The maximum absolute atomic E-state index is 12.0. The molecule has 2 amide bonds. The summed E-state index contributed by atoms with van der Waals surface area (Å²) in [7, 11) is 0. The van der Waals surface area contributed by atoms with Crippen LogP contribution in [-0.2, 0) is 19.3 Å². The van der Waals surface area contributed by atoms with Gasteiger partial charge in [-0.1, -0.05) is 24.3 Å². The summed E-state index contributed by atoms with van der Waals surface area (Å²) in [6.45, 7) is 0. The van der Waals surface area contributed by atoms with E-state index in [0.29, 0.717) is 5.13 Å². The average Bonchev–Trinajstić information content (AvgIpc) is 3.30. The Kier molecular flexibility index (Phi) is 4.70. The molecule has 0 fully saturated rings. The molecular formula is C19H17N5OS. The highest BCUT2D eigenvalue weighted by molar-refractivity contribution is 7.15. The Morgan fingerprint density at radius 1 is 1.08 bits per heavy atom. The number of aryl methyl sites for hydroxylation is 2. The molecule has 0 radical (unpaired) electrons. The Morgan fingerprint density at radius 2 is 1.96 bits per heavy atom. The summed E-state index contributed by atoms with van der Waals surface area (Å²) in [6, 6.07) is 9.02. The minimum atomic E-state index is -0.295. The predicted molar refractivity (Wildman–Crippen MR) is 103 cm³/mol. The first kappa shape index (κ1) is 16.4. The van der Waals surface area contributed by atoms with Crippen LogP contribution in [0, 0.1) is 0 Å². The van der Waals surface area contributed by atoms with E-state index >= 15 is 0 Å². The second kappa shape index (κ2) is 7.45. The fraction of sp³-hybridized carbons (Fsp3) is 0.158. The van der Waals surface area contributed by atoms with E-state index in [0.717, 1.165) is 41.2 Å². The normalized spacial score (nSPS) is 12.0. The summed E-state index contributed by atoms with van der Waals surface area (Å²) in [4.78, 5) is 26.1. The number of hydrogen-bond acceptors (Lipinski definition) is 5. The van der Waals surface area contributed by atoms with Crippen molar-refractivity contribution < 1.29 is 4.79 Å². The van der Waals surface area contributed by atoms with E-state index in [-0.39, 0.29) is 6.03 Å². The van der Waals surface area contributed by atoms with Crippen LogP contribution >= 0.6 is 11.3 Å². The number of amides is 2. The quantitative estimate of drug-likeness (QED) is 0.720. The topological polar surface area (TPSA) is 79.8 Å². The number of rotatable bonds is 5. The van der Waals surface area contributed by atoms with Crippen LogP contribution in [0.15, 0.2) is 48.9 Å². The average molecular weight is 363 g/mol. The van der Waals surface area contributed by atoms with Crippen molar-refractivity contribution in [2.24, 2.45) is 0 Å². The van der Waals surface area contributed by atoms with E-state index in [1.54, 1.807) is 6.33 Å². The van der Waals surface area contributed by atoms with Gasteiger partial charge in [-0.05, 0) is 37.5 Å². The molecule has 0 saturated heterocycles. The molecule has 6 nitrogen and oxygen atoms in total. The fourth-order valence-electron chi connectivity index (χ4n) is 2.84. The van der Waals surface area contributed by atoms with E-state index in [1.165, 1.54) is 16.9 Å². The molecule has 26 heavy (non-hydrogen) atoms. The first-order valence-electron chi connectivity index (χ1n) is 8.35. The number of benzene rings is 1. The van der Waals surface area contributed by atoms with Crippen molar-refractivity contribution in [3.8, 4) is 0 Å². The molecule has 130 valence electrons. The zero-order chi connectivity index (χ0) is 17.8. The van der Waals surface area contributed by atoms with Crippen molar-refractivity contribution >= 4 is 34.3 Å². The predicted octanol–water partition coefficient (Wildman–Crippen LogP) is 3.93. The van der Waals surface area contributed by atoms with Crippen LogP contribution in [0.25, 0.3) is 6.08 Å². The van der Waals surface area contributed by atoms with E-state index in [9.17, 15) is 4.79 Å². The first-order chi connectivity index (χ1) is 12.8. The van der Waals surface area contributed by atoms with Gasteiger partial charge in [-0.25, -0.2) is 19.7 Å². The van der Waals surface area contributed by atoms with Crippen LogP contribution < -0.4 is 10.6 Å². The maximum Gasteiger partial charge on any atom is 0.325 e. The third kappa shape index (κ3) is 3.78. The smallest absolute Gasteiger partial charge is 0.308 e. The lowest BCUT2D eigenvalue weighted by molar-refractivity contribution is 0.262. The molecule has 0 saturated carbocycles. The number of hydrogen-bond donors (Lipinski definition) is 2. The molecule has 1 aliphatic rings. The molecule has 0 unspecified atom stereocenters. The second-order valence-corrected chi connectivity index (χ2v) is 6.98. The highest BCUT2D eigenvalue weighted by Crippen LogP contribution is 2.23. The van der Waals surface area contributed by atoms with Gasteiger partial charge in [0.25, 0.3) is 0 Å². The Balaban J connectivity index is 1.34. The first-order valence-corrected chi connectivity index (χ1v) is 9.16. The van der Waals surface area contributed by atoms with Gasteiger partial charge in [0.1, 0.15) is 6.33 Å². The molecule has 1 aliphatic carbocycles. The number of carbonyl (C=O) groups is 1. The van der Waals surface area contributed by atoms with E-state index in [4.69, 9.17) is 0 Å². The third-order valence-electron chi connectivity index (χ3n) is 4.08. The van der Waals surface area contributed by atoms with Gasteiger partial charge in [0.05, 0.1) is 5.69 Å². The summed E-state index contributed by atoms with van der Waals surface area (Å²) in [5, 5.41) is 6.14. The Labute approximate surface area is 155 Å². The van der Waals surface area contributed by atoms with Crippen LogP contribution in [0.4, 0.5) is 15.6 Å². The molecule has 2 N–H and O–H groups in total. The number of anilines is 2. The number of urea groups is 1. The van der Waals surface area contributed by atoms with E-state index < -0.39 is 0 Å². The number of aromatic nitrogens is 3. The molecule has 0 bridgehead atoms. The lowest BCUT2D eigenvalue weighted by atomic mass is 10.1. The number of nitrogens with one attached hydrogen (secondary N) is 2. The molecular weight excluding hydrogens is 346 g/mol. The van der Waals surface area contributed by atoms with Gasteiger partial charge in [0.15, 0.2) is 5.13 Å². The zero-order valence-electron chi connectivity index (χ0n) is 14.0. The monoisotopic (exact) mass is 363 g/mol. The van der Waals surface area contributed by atoms with Crippen LogP contribution in [-0.4, -0.2) is 21.0 Å².